The smallest absolute Gasteiger partial charge is 0.233 e. The van der Waals surface area contributed by atoms with E-state index in [1.807, 2.05) is 13.8 Å². The Labute approximate surface area is 110 Å². The van der Waals surface area contributed by atoms with Crippen LogP contribution in [0.2, 0.25) is 0 Å². The zero-order valence-corrected chi connectivity index (χ0v) is 10.9. The maximum atomic E-state index is 12.2. The highest BCUT2D eigenvalue weighted by Crippen LogP contribution is 2.25. The molecule has 19 heavy (non-hydrogen) atoms. The molecule has 0 fully saturated rings. The average molecular weight is 261 g/mol. The highest BCUT2D eigenvalue weighted by atomic mass is 16.4. The van der Waals surface area contributed by atoms with Crippen LogP contribution in [0.3, 0.4) is 0 Å². The van der Waals surface area contributed by atoms with Gasteiger partial charge in [-0.05, 0) is 29.4 Å². The molecule has 2 rings (SSSR count). The summed E-state index contributed by atoms with van der Waals surface area (Å²) in [6.45, 7) is 3.84. The van der Waals surface area contributed by atoms with Crippen LogP contribution < -0.4 is 0 Å². The molecule has 2 aromatic rings. The van der Waals surface area contributed by atoms with Crippen molar-refractivity contribution in [2.75, 3.05) is 0 Å². The van der Waals surface area contributed by atoms with Gasteiger partial charge in [-0.1, -0.05) is 13.8 Å². The molecule has 5 nitrogen and oxygen atoms in total. The van der Waals surface area contributed by atoms with Crippen molar-refractivity contribution in [2.24, 2.45) is 5.18 Å². The monoisotopic (exact) mass is 261 g/mol. The molecule has 1 unspecified atom stereocenters. The van der Waals surface area contributed by atoms with E-state index in [0.717, 1.165) is 0 Å². The second-order valence-corrected chi connectivity index (χ2v) is 4.15. The number of carbonyl (C=O) groups excluding carboxylic acids is 1. The number of hydrogen-bond donors (Lipinski definition) is 0. The Hall–Kier alpha value is -2.17. The van der Waals surface area contributed by atoms with Gasteiger partial charge in [0.25, 0.3) is 0 Å². The fraction of sp³-hybridized carbons (Fsp3) is 0.357. The quantitative estimate of drug-likeness (QED) is 0.587. The Kier molecular flexibility index (Phi) is 3.94. The molecule has 5 heteroatoms. The molecule has 0 aliphatic carbocycles. The van der Waals surface area contributed by atoms with Gasteiger partial charge in [-0.25, -0.2) is 0 Å². The second-order valence-electron chi connectivity index (χ2n) is 4.15. The lowest BCUT2D eigenvalue weighted by atomic mass is 10.1. The molecule has 0 saturated carbocycles. The van der Waals surface area contributed by atoms with Crippen molar-refractivity contribution in [3.8, 4) is 0 Å². The Morgan fingerprint density at radius 3 is 2.26 bits per heavy atom. The largest absolute Gasteiger partial charge is 0.463 e. The van der Waals surface area contributed by atoms with Crippen LogP contribution in [0.4, 0.5) is 0 Å². The second kappa shape index (κ2) is 5.65. The van der Waals surface area contributed by atoms with Gasteiger partial charge in [0.1, 0.15) is 17.3 Å². The van der Waals surface area contributed by atoms with E-state index in [-0.39, 0.29) is 11.5 Å². The first-order valence-corrected chi connectivity index (χ1v) is 6.23. The maximum absolute atomic E-state index is 12.2. The van der Waals surface area contributed by atoms with Crippen LogP contribution in [0.25, 0.3) is 0 Å². The van der Waals surface area contributed by atoms with E-state index in [0.29, 0.717) is 24.4 Å². The number of ketones is 1. The van der Waals surface area contributed by atoms with Crippen molar-refractivity contribution in [1.82, 2.24) is 0 Å². The number of nitroso groups, excluding NO2 is 1. The number of hydrogen-bond acceptors (Lipinski definition) is 5. The summed E-state index contributed by atoms with van der Waals surface area (Å²) < 4.78 is 10.7. The van der Waals surface area contributed by atoms with Crippen molar-refractivity contribution in [3.05, 3.63) is 52.2 Å². The maximum Gasteiger partial charge on any atom is 0.233 e. The SMILES string of the molecule is CCc1ccc(C(=O)C(N=O)c2ccc(CC)o2)o1. The van der Waals surface area contributed by atoms with Crippen molar-refractivity contribution >= 4 is 5.78 Å². The summed E-state index contributed by atoms with van der Waals surface area (Å²) in [5.74, 6) is 1.32. The van der Waals surface area contributed by atoms with Crippen LogP contribution in [0.5, 0.6) is 0 Å². The molecule has 2 aromatic heterocycles. The van der Waals surface area contributed by atoms with Gasteiger partial charge >= 0.3 is 0 Å². The van der Waals surface area contributed by atoms with Gasteiger partial charge < -0.3 is 8.83 Å². The third kappa shape index (κ3) is 2.65. The fourth-order valence-electron chi connectivity index (χ4n) is 1.80. The van der Waals surface area contributed by atoms with Gasteiger partial charge in [0.05, 0.1) is 0 Å². The van der Waals surface area contributed by atoms with Crippen LogP contribution in [0.1, 0.15) is 47.7 Å². The molecule has 0 N–H and O–H groups in total. The van der Waals surface area contributed by atoms with Gasteiger partial charge in [-0.3, -0.25) is 4.79 Å². The van der Waals surface area contributed by atoms with Crippen molar-refractivity contribution in [3.63, 3.8) is 0 Å². The van der Waals surface area contributed by atoms with Gasteiger partial charge in [-0.2, -0.15) is 0 Å². The summed E-state index contributed by atoms with van der Waals surface area (Å²) >= 11 is 0. The van der Waals surface area contributed by atoms with E-state index in [4.69, 9.17) is 8.83 Å². The third-order valence-corrected chi connectivity index (χ3v) is 2.91. The standard InChI is InChI=1S/C14H15NO4/c1-3-9-5-7-11(18-9)13(15-17)14(16)12-8-6-10(4-2)19-12/h5-8,13H,3-4H2,1-2H3. The lowest BCUT2D eigenvalue weighted by molar-refractivity contribution is 0.0922. The van der Waals surface area contributed by atoms with Gasteiger partial charge in [0.15, 0.2) is 5.76 Å². The number of carbonyl (C=O) groups is 1. The molecule has 0 spiro atoms. The van der Waals surface area contributed by atoms with Gasteiger partial charge in [-0.15, -0.1) is 4.91 Å². The van der Waals surface area contributed by atoms with Gasteiger partial charge in [0.2, 0.25) is 11.8 Å². The summed E-state index contributed by atoms with van der Waals surface area (Å²) in [5.41, 5.74) is 0. The average Bonchev–Trinajstić information content (AvgIpc) is 3.08. The van der Waals surface area contributed by atoms with E-state index >= 15 is 0 Å². The molecule has 0 amide bonds. The molecule has 2 heterocycles. The van der Waals surface area contributed by atoms with Crippen molar-refractivity contribution in [1.29, 1.82) is 0 Å². The summed E-state index contributed by atoms with van der Waals surface area (Å²) in [5, 5.41) is 2.86. The Bertz CT molecular complexity index is 582. The molecule has 1 atom stereocenters. The fourth-order valence-corrected chi connectivity index (χ4v) is 1.80. The number of nitrogens with zero attached hydrogens (tertiary/aromatic N) is 1. The van der Waals surface area contributed by atoms with E-state index in [1.165, 1.54) is 0 Å². The summed E-state index contributed by atoms with van der Waals surface area (Å²) in [6.07, 6.45) is 1.38. The molecule has 100 valence electrons. The first-order valence-electron chi connectivity index (χ1n) is 6.23. The summed E-state index contributed by atoms with van der Waals surface area (Å²) in [7, 11) is 0. The highest BCUT2D eigenvalue weighted by Gasteiger charge is 2.28. The number of aryl methyl sites for hydroxylation is 2. The van der Waals surface area contributed by atoms with E-state index in [2.05, 4.69) is 5.18 Å². The molecular formula is C14H15NO4. The topological polar surface area (TPSA) is 72.8 Å². The molecule has 0 saturated heterocycles. The van der Waals surface area contributed by atoms with Crippen LogP contribution in [-0.2, 0) is 12.8 Å². The van der Waals surface area contributed by atoms with Crippen LogP contribution in [0, 0.1) is 4.91 Å². The van der Waals surface area contributed by atoms with Crippen molar-refractivity contribution < 1.29 is 13.6 Å². The van der Waals surface area contributed by atoms with E-state index in [9.17, 15) is 9.70 Å². The Balaban J connectivity index is 2.26. The molecule has 0 radical (unpaired) electrons. The Morgan fingerprint density at radius 2 is 1.74 bits per heavy atom. The van der Waals surface area contributed by atoms with Gasteiger partial charge in [0, 0.05) is 12.8 Å². The van der Waals surface area contributed by atoms with E-state index in [1.54, 1.807) is 24.3 Å². The minimum atomic E-state index is -1.18. The zero-order valence-electron chi connectivity index (χ0n) is 10.9. The van der Waals surface area contributed by atoms with Crippen LogP contribution in [-0.4, -0.2) is 5.78 Å². The Morgan fingerprint density at radius 1 is 1.11 bits per heavy atom. The van der Waals surface area contributed by atoms with Crippen molar-refractivity contribution in [2.45, 2.75) is 32.7 Å². The lowest BCUT2D eigenvalue weighted by Gasteiger charge is -2.02. The zero-order chi connectivity index (χ0) is 13.8. The lowest BCUT2D eigenvalue weighted by Crippen LogP contribution is -2.08. The molecule has 0 aliphatic rings. The summed E-state index contributed by atoms with van der Waals surface area (Å²) in [4.78, 5) is 23.1. The first-order chi connectivity index (χ1) is 9.19. The number of rotatable bonds is 6. The molecule has 0 bridgehead atoms. The van der Waals surface area contributed by atoms with Crippen LogP contribution >= 0.6 is 0 Å². The predicted molar refractivity (Wildman–Crippen MR) is 69.0 cm³/mol. The normalized spacial score (nSPS) is 12.3. The minimum absolute atomic E-state index is 0.135. The van der Waals surface area contributed by atoms with Crippen LogP contribution in [0.15, 0.2) is 38.3 Å². The third-order valence-electron chi connectivity index (χ3n) is 2.91. The minimum Gasteiger partial charge on any atom is -0.463 e. The number of furan rings is 2. The molecule has 0 aromatic carbocycles. The predicted octanol–water partition coefficient (Wildman–Crippen LogP) is 3.69. The molecular weight excluding hydrogens is 246 g/mol. The highest BCUT2D eigenvalue weighted by molar-refractivity contribution is 5.98. The first kappa shape index (κ1) is 13.3. The van der Waals surface area contributed by atoms with E-state index < -0.39 is 11.8 Å². The number of Topliss-reactive ketones (excluding diaryl/α,β-unsaturated/α-hetero) is 1. The summed E-state index contributed by atoms with van der Waals surface area (Å²) in [6, 6.07) is 5.43. The molecule has 0 aliphatic heterocycles.